The lowest BCUT2D eigenvalue weighted by atomic mass is 10.1. The molecule has 0 saturated carbocycles. The van der Waals surface area contributed by atoms with Gasteiger partial charge in [0.05, 0.1) is 0 Å². The molecule has 0 spiro atoms. The first-order valence-corrected chi connectivity index (χ1v) is 10.0. The van der Waals surface area contributed by atoms with Crippen molar-refractivity contribution in [2.75, 3.05) is 0 Å². The fourth-order valence-electron chi connectivity index (χ4n) is 3.09. The number of hydrogen-bond acceptors (Lipinski definition) is 2. The normalized spacial score (nSPS) is 10.8. The Morgan fingerprint density at radius 3 is 2.41 bits per heavy atom. The van der Waals surface area contributed by atoms with E-state index >= 15 is 0 Å². The van der Waals surface area contributed by atoms with Crippen LogP contribution in [0, 0.1) is 0 Å². The van der Waals surface area contributed by atoms with Gasteiger partial charge in [0.2, 0.25) is 0 Å². The predicted molar refractivity (Wildman–Crippen MR) is 111 cm³/mol. The van der Waals surface area contributed by atoms with Crippen LogP contribution < -0.4 is 0 Å². The zero-order valence-electron chi connectivity index (χ0n) is 15.7. The molecule has 1 aromatic carbocycles. The molecule has 1 amide bonds. The maximum atomic E-state index is 13.3. The largest absolute Gasteiger partial charge is 0.343 e. The molecule has 2 aromatic heterocycles. The summed E-state index contributed by atoms with van der Waals surface area (Å²) in [4.78, 5) is 19.4. The number of benzene rings is 1. The van der Waals surface area contributed by atoms with Crippen LogP contribution in [0.25, 0.3) is 0 Å². The summed E-state index contributed by atoms with van der Waals surface area (Å²) in [7, 11) is 0. The second-order valence-corrected chi connectivity index (χ2v) is 7.44. The van der Waals surface area contributed by atoms with Gasteiger partial charge < -0.3 is 9.47 Å². The molecule has 0 atom stereocenters. The minimum atomic E-state index is 0.0194. The predicted octanol–water partition coefficient (Wildman–Crippen LogP) is 5.07. The highest BCUT2D eigenvalue weighted by molar-refractivity contribution is 9.10. The Bertz CT molecular complexity index is 888. The fourth-order valence-corrected chi connectivity index (χ4v) is 3.55. The number of hydrogen-bond donors (Lipinski definition) is 0. The molecule has 27 heavy (non-hydrogen) atoms. The lowest BCUT2D eigenvalue weighted by Gasteiger charge is -2.23. The van der Waals surface area contributed by atoms with Crippen molar-refractivity contribution < 1.29 is 4.79 Å². The Morgan fingerprint density at radius 1 is 1.07 bits per heavy atom. The highest BCUT2D eigenvalue weighted by Crippen LogP contribution is 2.20. The van der Waals surface area contributed by atoms with Crippen molar-refractivity contribution in [2.24, 2.45) is 0 Å². The van der Waals surface area contributed by atoms with Gasteiger partial charge >= 0.3 is 0 Å². The second kappa shape index (κ2) is 9.00. The van der Waals surface area contributed by atoms with Crippen LogP contribution in [0.2, 0.25) is 0 Å². The van der Waals surface area contributed by atoms with Crippen molar-refractivity contribution in [1.82, 2.24) is 14.5 Å². The van der Waals surface area contributed by atoms with E-state index < -0.39 is 0 Å². The number of aryl methyl sites for hydroxylation is 2. The quantitative estimate of drug-likeness (QED) is 0.529. The third kappa shape index (κ3) is 4.86. The minimum Gasteiger partial charge on any atom is -0.343 e. The van der Waals surface area contributed by atoms with E-state index in [1.165, 1.54) is 5.56 Å². The zero-order chi connectivity index (χ0) is 19.2. The van der Waals surface area contributed by atoms with Crippen LogP contribution in [0.1, 0.15) is 41.0 Å². The standard InChI is InChI=1S/C22H24BrN3O/c1-3-17-7-9-18(10-8-17)14-26(15-19-6-5-11-24-13-19)22(27)21-12-20(23)16-25(21)4-2/h5-13,16H,3-4,14-15H2,1-2H3. The molecule has 3 aromatic rings. The van der Waals surface area contributed by atoms with Gasteiger partial charge in [-0.1, -0.05) is 37.3 Å². The van der Waals surface area contributed by atoms with Gasteiger partial charge in [0, 0.05) is 42.7 Å². The Morgan fingerprint density at radius 2 is 1.78 bits per heavy atom. The van der Waals surface area contributed by atoms with Crippen LogP contribution in [0.3, 0.4) is 0 Å². The second-order valence-electron chi connectivity index (χ2n) is 6.52. The summed E-state index contributed by atoms with van der Waals surface area (Å²) >= 11 is 3.49. The van der Waals surface area contributed by atoms with E-state index in [-0.39, 0.29) is 5.91 Å². The van der Waals surface area contributed by atoms with Gasteiger partial charge in [-0.15, -0.1) is 0 Å². The van der Waals surface area contributed by atoms with Crippen LogP contribution in [-0.2, 0) is 26.1 Å². The maximum Gasteiger partial charge on any atom is 0.271 e. The molecule has 5 heteroatoms. The van der Waals surface area contributed by atoms with Crippen molar-refractivity contribution in [2.45, 2.75) is 39.9 Å². The van der Waals surface area contributed by atoms with Gasteiger partial charge in [0.15, 0.2) is 0 Å². The Balaban J connectivity index is 1.89. The van der Waals surface area contributed by atoms with Crippen molar-refractivity contribution in [3.63, 3.8) is 0 Å². The molecule has 0 radical (unpaired) electrons. The molecule has 3 rings (SSSR count). The van der Waals surface area contributed by atoms with E-state index in [0.717, 1.165) is 28.6 Å². The summed E-state index contributed by atoms with van der Waals surface area (Å²) in [6.07, 6.45) is 6.52. The summed E-state index contributed by atoms with van der Waals surface area (Å²) in [5.41, 5.74) is 4.13. The molecule has 0 saturated heterocycles. The SMILES string of the molecule is CCc1ccc(CN(Cc2cccnc2)C(=O)c2cc(Br)cn2CC)cc1. The highest BCUT2D eigenvalue weighted by atomic mass is 79.9. The van der Waals surface area contributed by atoms with Gasteiger partial charge in [0.25, 0.3) is 5.91 Å². The highest BCUT2D eigenvalue weighted by Gasteiger charge is 2.20. The monoisotopic (exact) mass is 425 g/mol. The van der Waals surface area contributed by atoms with Crippen LogP contribution in [0.4, 0.5) is 0 Å². The Hall–Kier alpha value is -2.40. The van der Waals surface area contributed by atoms with Crippen molar-refractivity contribution in [1.29, 1.82) is 0 Å². The van der Waals surface area contributed by atoms with Gasteiger partial charge in [-0.3, -0.25) is 9.78 Å². The Kier molecular flexibility index (Phi) is 6.45. The number of pyridine rings is 1. The molecule has 2 heterocycles. The number of aromatic nitrogens is 2. The molecule has 0 aliphatic rings. The number of rotatable bonds is 7. The third-order valence-corrected chi connectivity index (χ3v) is 5.04. The van der Waals surface area contributed by atoms with Crippen LogP contribution in [-0.4, -0.2) is 20.4 Å². The smallest absolute Gasteiger partial charge is 0.271 e. The molecule has 0 aliphatic heterocycles. The number of carbonyl (C=O) groups is 1. The number of halogens is 1. The first kappa shape index (κ1) is 19.4. The number of carbonyl (C=O) groups excluding carboxylic acids is 1. The maximum absolute atomic E-state index is 13.3. The average molecular weight is 426 g/mol. The molecule has 140 valence electrons. The number of amides is 1. The van der Waals surface area contributed by atoms with E-state index in [0.29, 0.717) is 18.8 Å². The molecular weight excluding hydrogens is 402 g/mol. The molecule has 4 nitrogen and oxygen atoms in total. The lowest BCUT2D eigenvalue weighted by molar-refractivity contribution is 0.0719. The molecule has 0 aliphatic carbocycles. The molecule has 0 unspecified atom stereocenters. The van der Waals surface area contributed by atoms with Gasteiger partial charge in [-0.25, -0.2) is 0 Å². The number of nitrogens with zero attached hydrogens (tertiary/aromatic N) is 3. The van der Waals surface area contributed by atoms with Crippen LogP contribution in [0.5, 0.6) is 0 Å². The van der Waals surface area contributed by atoms with E-state index in [9.17, 15) is 4.79 Å². The fraction of sp³-hybridized carbons (Fsp3) is 0.273. The summed E-state index contributed by atoms with van der Waals surface area (Å²) in [6.45, 7) is 6.01. The minimum absolute atomic E-state index is 0.0194. The molecule has 0 N–H and O–H groups in total. The zero-order valence-corrected chi connectivity index (χ0v) is 17.3. The Labute approximate surface area is 169 Å². The summed E-state index contributed by atoms with van der Waals surface area (Å²) in [5.74, 6) is 0.0194. The molecule has 0 bridgehead atoms. The van der Waals surface area contributed by atoms with Crippen molar-refractivity contribution in [3.05, 3.63) is 87.9 Å². The van der Waals surface area contributed by atoms with Crippen molar-refractivity contribution >= 4 is 21.8 Å². The first-order chi connectivity index (χ1) is 13.1. The topological polar surface area (TPSA) is 38.1 Å². The van der Waals surface area contributed by atoms with Crippen LogP contribution >= 0.6 is 15.9 Å². The lowest BCUT2D eigenvalue weighted by Crippen LogP contribution is -2.31. The summed E-state index contributed by atoms with van der Waals surface area (Å²) < 4.78 is 2.89. The van der Waals surface area contributed by atoms with Gasteiger partial charge in [0.1, 0.15) is 5.69 Å². The van der Waals surface area contributed by atoms with Crippen LogP contribution in [0.15, 0.2) is 65.5 Å². The first-order valence-electron chi connectivity index (χ1n) is 9.22. The summed E-state index contributed by atoms with van der Waals surface area (Å²) in [6, 6.07) is 14.3. The van der Waals surface area contributed by atoms with E-state index in [2.05, 4.69) is 52.1 Å². The molecule has 0 fully saturated rings. The average Bonchev–Trinajstić information content (AvgIpc) is 3.09. The van der Waals surface area contributed by atoms with Gasteiger partial charge in [-0.2, -0.15) is 0 Å². The van der Waals surface area contributed by atoms with E-state index in [1.807, 2.05) is 47.0 Å². The summed E-state index contributed by atoms with van der Waals surface area (Å²) in [5, 5.41) is 0. The molecular formula is C22H24BrN3O. The van der Waals surface area contributed by atoms with E-state index in [1.54, 1.807) is 6.20 Å². The van der Waals surface area contributed by atoms with Gasteiger partial charge in [-0.05, 0) is 58.1 Å². The third-order valence-electron chi connectivity index (χ3n) is 4.61. The van der Waals surface area contributed by atoms with Crippen molar-refractivity contribution in [3.8, 4) is 0 Å². The van der Waals surface area contributed by atoms with E-state index in [4.69, 9.17) is 0 Å².